The molecule has 0 fully saturated rings. The van der Waals surface area contributed by atoms with Gasteiger partial charge in [0.05, 0.1) is 5.25 Å². The minimum absolute atomic E-state index is 0.0794. The molecule has 0 aliphatic rings. The molecule has 1 aromatic heterocycles. The lowest BCUT2D eigenvalue weighted by molar-refractivity contribution is -0.115. The number of nitrogens with one attached hydrogen (secondary N) is 2. The zero-order valence-electron chi connectivity index (χ0n) is 13.2. The lowest BCUT2D eigenvalue weighted by Gasteiger charge is -2.10. The van der Waals surface area contributed by atoms with Gasteiger partial charge in [-0.2, -0.15) is 0 Å². The highest BCUT2D eigenvalue weighted by atomic mass is 35.5. The fraction of sp³-hybridized carbons (Fsp3) is 0.400. The first-order valence-corrected chi connectivity index (χ1v) is 9.32. The Morgan fingerprint density at radius 2 is 1.96 bits per heavy atom. The van der Waals surface area contributed by atoms with Gasteiger partial charge in [0.15, 0.2) is 4.34 Å². The number of anilines is 2. The van der Waals surface area contributed by atoms with E-state index in [2.05, 4.69) is 34.7 Å². The third kappa shape index (κ3) is 6.01. The number of thioether (sulfide) groups is 1. The van der Waals surface area contributed by atoms with E-state index in [1.165, 1.54) is 23.1 Å². The molecule has 1 heterocycles. The molecule has 2 aromatic rings. The van der Waals surface area contributed by atoms with Crippen molar-refractivity contribution in [3.05, 3.63) is 29.3 Å². The molecule has 1 aromatic carbocycles. The number of aromatic nitrogens is 2. The summed E-state index contributed by atoms with van der Waals surface area (Å²) in [5.41, 5.74) is 0.725. The van der Waals surface area contributed by atoms with Crippen molar-refractivity contribution >= 4 is 51.4 Å². The predicted octanol–water partition coefficient (Wildman–Crippen LogP) is 4.38. The van der Waals surface area contributed by atoms with Crippen LogP contribution in [0.3, 0.4) is 0 Å². The van der Waals surface area contributed by atoms with E-state index in [9.17, 15) is 4.79 Å². The SMILES string of the molecule is CC(C)CNc1nnc(S[C@@H](C)C(=O)Nc2ccc(Cl)cc2)s1. The number of nitrogens with zero attached hydrogens (tertiary/aromatic N) is 2. The third-order valence-corrected chi connectivity index (χ3v) is 5.14. The molecular weight excluding hydrogens is 352 g/mol. The van der Waals surface area contributed by atoms with Crippen LogP contribution in [0.1, 0.15) is 20.8 Å². The van der Waals surface area contributed by atoms with Gasteiger partial charge in [0.25, 0.3) is 0 Å². The van der Waals surface area contributed by atoms with Gasteiger partial charge in [-0.05, 0) is 37.1 Å². The maximum atomic E-state index is 12.2. The van der Waals surface area contributed by atoms with E-state index in [0.29, 0.717) is 10.9 Å². The van der Waals surface area contributed by atoms with Crippen LogP contribution in [0, 0.1) is 5.92 Å². The van der Waals surface area contributed by atoms with Crippen LogP contribution in [0.4, 0.5) is 10.8 Å². The molecule has 0 saturated carbocycles. The van der Waals surface area contributed by atoms with Crippen molar-refractivity contribution in [3.63, 3.8) is 0 Å². The first kappa shape index (κ1) is 18.0. The Balaban J connectivity index is 1.86. The van der Waals surface area contributed by atoms with Crippen molar-refractivity contribution in [1.82, 2.24) is 10.2 Å². The van der Waals surface area contributed by atoms with Gasteiger partial charge >= 0.3 is 0 Å². The van der Waals surface area contributed by atoms with E-state index in [4.69, 9.17) is 11.6 Å². The number of hydrogen-bond acceptors (Lipinski definition) is 6. The third-order valence-electron chi connectivity index (χ3n) is 2.83. The molecule has 0 radical (unpaired) electrons. The summed E-state index contributed by atoms with van der Waals surface area (Å²) >= 11 is 8.69. The van der Waals surface area contributed by atoms with Gasteiger partial charge in [0, 0.05) is 17.3 Å². The second-order valence-corrected chi connectivity index (χ2v) is 8.41. The minimum atomic E-state index is -0.267. The van der Waals surface area contributed by atoms with Gasteiger partial charge in [-0.3, -0.25) is 4.79 Å². The highest BCUT2D eigenvalue weighted by molar-refractivity contribution is 8.02. The van der Waals surface area contributed by atoms with E-state index >= 15 is 0 Å². The lowest BCUT2D eigenvalue weighted by Crippen LogP contribution is -2.22. The standard InChI is InChI=1S/C15H19ClN4OS2/c1-9(2)8-17-14-19-20-15(23-14)22-10(3)13(21)18-12-6-4-11(16)5-7-12/h4-7,9-10H,8H2,1-3H3,(H,17,19)(H,18,21)/t10-/m0/s1. The van der Waals surface area contributed by atoms with Crippen LogP contribution in [0.5, 0.6) is 0 Å². The Morgan fingerprint density at radius 3 is 2.61 bits per heavy atom. The van der Waals surface area contributed by atoms with Crippen LogP contribution in [0.15, 0.2) is 28.6 Å². The maximum absolute atomic E-state index is 12.2. The molecule has 2 N–H and O–H groups in total. The van der Waals surface area contributed by atoms with Crippen LogP contribution in [-0.2, 0) is 4.79 Å². The number of hydrogen-bond donors (Lipinski definition) is 2. The predicted molar refractivity (Wildman–Crippen MR) is 98.6 cm³/mol. The summed E-state index contributed by atoms with van der Waals surface area (Å²) in [5, 5.41) is 15.4. The zero-order valence-corrected chi connectivity index (χ0v) is 15.6. The highest BCUT2D eigenvalue weighted by Gasteiger charge is 2.17. The largest absolute Gasteiger partial charge is 0.360 e. The van der Waals surface area contributed by atoms with Crippen LogP contribution in [0.2, 0.25) is 5.02 Å². The van der Waals surface area contributed by atoms with Gasteiger partial charge in [-0.1, -0.05) is 48.5 Å². The Morgan fingerprint density at radius 1 is 1.26 bits per heavy atom. The zero-order chi connectivity index (χ0) is 16.8. The van der Waals surface area contributed by atoms with E-state index < -0.39 is 0 Å². The Kier molecular flexibility index (Phi) is 6.68. The first-order valence-electron chi connectivity index (χ1n) is 7.24. The topological polar surface area (TPSA) is 66.9 Å². The Hall–Kier alpha value is -1.31. The molecule has 23 heavy (non-hydrogen) atoms. The van der Waals surface area contributed by atoms with Gasteiger partial charge in [-0.15, -0.1) is 10.2 Å². The first-order chi connectivity index (χ1) is 10.9. The Labute approximate surface area is 149 Å². The van der Waals surface area contributed by atoms with E-state index in [-0.39, 0.29) is 11.2 Å². The van der Waals surface area contributed by atoms with Crippen molar-refractivity contribution in [3.8, 4) is 0 Å². The quantitative estimate of drug-likeness (QED) is 0.708. The number of halogens is 1. The van der Waals surface area contributed by atoms with Gasteiger partial charge in [0.1, 0.15) is 0 Å². The summed E-state index contributed by atoms with van der Waals surface area (Å²) in [7, 11) is 0. The van der Waals surface area contributed by atoms with Crippen molar-refractivity contribution < 1.29 is 4.79 Å². The van der Waals surface area contributed by atoms with Crippen LogP contribution < -0.4 is 10.6 Å². The summed E-state index contributed by atoms with van der Waals surface area (Å²) in [6.07, 6.45) is 0. The molecule has 5 nitrogen and oxygen atoms in total. The summed E-state index contributed by atoms with van der Waals surface area (Å²) in [5.74, 6) is 0.461. The highest BCUT2D eigenvalue weighted by Crippen LogP contribution is 2.29. The number of carbonyl (C=O) groups excluding carboxylic acids is 1. The summed E-state index contributed by atoms with van der Waals surface area (Å²) in [6.45, 7) is 6.96. The van der Waals surface area contributed by atoms with Gasteiger partial charge in [0.2, 0.25) is 11.0 Å². The molecule has 0 bridgehead atoms. The van der Waals surface area contributed by atoms with E-state index in [0.717, 1.165) is 21.7 Å². The molecule has 1 atom stereocenters. The monoisotopic (exact) mass is 370 g/mol. The van der Waals surface area contributed by atoms with Gasteiger partial charge < -0.3 is 10.6 Å². The molecule has 0 spiro atoms. The molecule has 2 rings (SSSR count). The van der Waals surface area contributed by atoms with Crippen molar-refractivity contribution in [2.24, 2.45) is 5.92 Å². The number of carbonyl (C=O) groups is 1. The fourth-order valence-electron chi connectivity index (χ4n) is 1.60. The molecule has 8 heteroatoms. The average Bonchev–Trinajstić information content (AvgIpc) is 2.95. The smallest absolute Gasteiger partial charge is 0.237 e. The van der Waals surface area contributed by atoms with Gasteiger partial charge in [-0.25, -0.2) is 0 Å². The van der Waals surface area contributed by atoms with Crippen LogP contribution >= 0.6 is 34.7 Å². The fourth-order valence-corrected chi connectivity index (χ4v) is 3.63. The van der Waals surface area contributed by atoms with Crippen LogP contribution in [-0.4, -0.2) is 27.9 Å². The number of benzene rings is 1. The minimum Gasteiger partial charge on any atom is -0.360 e. The molecule has 0 unspecified atom stereocenters. The summed E-state index contributed by atoms with van der Waals surface area (Å²) in [6, 6.07) is 7.03. The normalized spacial score (nSPS) is 12.2. The second kappa shape index (κ2) is 8.52. The summed E-state index contributed by atoms with van der Waals surface area (Å²) < 4.78 is 0.773. The van der Waals surface area contributed by atoms with Crippen molar-refractivity contribution in [2.75, 3.05) is 17.2 Å². The molecular formula is C15H19ClN4OS2. The van der Waals surface area contributed by atoms with Crippen LogP contribution in [0.25, 0.3) is 0 Å². The molecule has 1 amide bonds. The Bertz CT molecular complexity index is 645. The van der Waals surface area contributed by atoms with Crippen molar-refractivity contribution in [2.45, 2.75) is 30.4 Å². The second-order valence-electron chi connectivity index (χ2n) is 5.40. The van der Waals surface area contributed by atoms with E-state index in [1.807, 2.05) is 6.92 Å². The molecule has 0 aliphatic carbocycles. The molecule has 0 saturated heterocycles. The average molecular weight is 371 g/mol. The van der Waals surface area contributed by atoms with Crippen molar-refractivity contribution in [1.29, 1.82) is 0 Å². The molecule has 0 aliphatic heterocycles. The summed E-state index contributed by atoms with van der Waals surface area (Å²) in [4.78, 5) is 12.2. The number of amides is 1. The molecule has 124 valence electrons. The lowest BCUT2D eigenvalue weighted by atomic mass is 10.2. The number of rotatable bonds is 7. The van der Waals surface area contributed by atoms with E-state index in [1.54, 1.807) is 24.3 Å². The maximum Gasteiger partial charge on any atom is 0.237 e.